The summed E-state index contributed by atoms with van der Waals surface area (Å²) >= 11 is 0. The fraction of sp³-hybridized carbons (Fsp3) is 1.00. The maximum Gasteiger partial charge on any atom is 0.0651 e. The number of hydrogen-bond acceptors (Lipinski definition) is 2. The molecule has 11 heavy (non-hydrogen) atoms. The van der Waals surface area contributed by atoms with Crippen LogP contribution in [0.15, 0.2) is 0 Å². The molecule has 1 atom stereocenters. The Bertz CT molecular complexity index is 136. The third-order valence-corrected chi connectivity index (χ3v) is 3.07. The zero-order chi connectivity index (χ0) is 7.73. The Morgan fingerprint density at radius 1 is 1.55 bits per heavy atom. The van der Waals surface area contributed by atoms with Crippen molar-refractivity contribution in [3.63, 3.8) is 0 Å². The van der Waals surface area contributed by atoms with Gasteiger partial charge < -0.3 is 10.1 Å². The van der Waals surface area contributed by atoms with Crippen molar-refractivity contribution in [3.8, 4) is 0 Å². The molecule has 2 aliphatic rings. The molecule has 2 nitrogen and oxygen atoms in total. The summed E-state index contributed by atoms with van der Waals surface area (Å²) < 4.78 is 5.52. The SMILES string of the molecule is CCC1(C2CC2)COCCN1. The molecule has 2 rings (SSSR count). The number of hydrogen-bond donors (Lipinski definition) is 1. The smallest absolute Gasteiger partial charge is 0.0651 e. The molecule has 1 heterocycles. The Labute approximate surface area is 68.3 Å². The van der Waals surface area contributed by atoms with Crippen LogP contribution in [0.3, 0.4) is 0 Å². The van der Waals surface area contributed by atoms with Crippen LogP contribution >= 0.6 is 0 Å². The Kier molecular flexibility index (Phi) is 1.90. The van der Waals surface area contributed by atoms with Crippen molar-refractivity contribution >= 4 is 0 Å². The van der Waals surface area contributed by atoms with Crippen molar-refractivity contribution < 1.29 is 4.74 Å². The van der Waals surface area contributed by atoms with Crippen LogP contribution in [0.25, 0.3) is 0 Å². The van der Waals surface area contributed by atoms with Gasteiger partial charge in [0.05, 0.1) is 13.2 Å². The average molecular weight is 155 g/mol. The summed E-state index contributed by atoms with van der Waals surface area (Å²) in [5.41, 5.74) is 0.359. The third-order valence-electron chi connectivity index (χ3n) is 3.07. The van der Waals surface area contributed by atoms with Crippen LogP contribution in [-0.2, 0) is 4.74 Å². The van der Waals surface area contributed by atoms with Crippen molar-refractivity contribution in [1.29, 1.82) is 0 Å². The fourth-order valence-electron chi connectivity index (χ4n) is 2.09. The van der Waals surface area contributed by atoms with E-state index in [0.29, 0.717) is 5.54 Å². The normalized spacial score (nSPS) is 39.0. The van der Waals surface area contributed by atoms with Gasteiger partial charge >= 0.3 is 0 Å². The highest BCUT2D eigenvalue weighted by atomic mass is 16.5. The van der Waals surface area contributed by atoms with E-state index in [1.807, 2.05) is 0 Å². The molecule has 2 heteroatoms. The largest absolute Gasteiger partial charge is 0.378 e. The molecule has 64 valence electrons. The van der Waals surface area contributed by atoms with Gasteiger partial charge in [-0.25, -0.2) is 0 Å². The first kappa shape index (κ1) is 7.56. The van der Waals surface area contributed by atoms with Crippen LogP contribution in [0.1, 0.15) is 26.2 Å². The lowest BCUT2D eigenvalue weighted by Crippen LogP contribution is -2.55. The maximum absolute atomic E-state index is 5.52. The van der Waals surface area contributed by atoms with E-state index in [4.69, 9.17) is 4.74 Å². The van der Waals surface area contributed by atoms with Crippen molar-refractivity contribution in [2.24, 2.45) is 5.92 Å². The van der Waals surface area contributed by atoms with Gasteiger partial charge in [0.2, 0.25) is 0 Å². The van der Waals surface area contributed by atoms with Gasteiger partial charge in [-0.2, -0.15) is 0 Å². The van der Waals surface area contributed by atoms with E-state index in [1.54, 1.807) is 0 Å². The predicted octanol–water partition coefficient (Wildman–Crippen LogP) is 1.17. The Balaban J connectivity index is 2.01. The van der Waals surface area contributed by atoms with E-state index < -0.39 is 0 Å². The molecule has 2 fully saturated rings. The quantitative estimate of drug-likeness (QED) is 0.646. The minimum Gasteiger partial charge on any atom is -0.378 e. The summed E-state index contributed by atoms with van der Waals surface area (Å²) in [5.74, 6) is 0.910. The minimum absolute atomic E-state index is 0.359. The van der Waals surface area contributed by atoms with Crippen LogP contribution in [0.4, 0.5) is 0 Å². The monoisotopic (exact) mass is 155 g/mol. The number of ether oxygens (including phenoxy) is 1. The Morgan fingerprint density at radius 3 is 2.82 bits per heavy atom. The number of nitrogens with one attached hydrogen (secondary N) is 1. The first-order valence-electron chi connectivity index (χ1n) is 4.70. The highest BCUT2D eigenvalue weighted by Crippen LogP contribution is 2.42. The summed E-state index contributed by atoms with van der Waals surface area (Å²) in [5, 5.41) is 3.62. The fourth-order valence-corrected chi connectivity index (χ4v) is 2.09. The van der Waals surface area contributed by atoms with E-state index in [2.05, 4.69) is 12.2 Å². The van der Waals surface area contributed by atoms with E-state index in [9.17, 15) is 0 Å². The highest BCUT2D eigenvalue weighted by molar-refractivity contribution is 5.01. The second-order valence-electron chi connectivity index (χ2n) is 3.76. The topological polar surface area (TPSA) is 21.3 Å². The minimum atomic E-state index is 0.359. The van der Waals surface area contributed by atoms with Crippen LogP contribution in [0.5, 0.6) is 0 Å². The first-order chi connectivity index (χ1) is 5.37. The van der Waals surface area contributed by atoms with E-state index in [0.717, 1.165) is 25.7 Å². The first-order valence-corrected chi connectivity index (χ1v) is 4.70. The molecular formula is C9H17NO. The lowest BCUT2D eigenvalue weighted by molar-refractivity contribution is 0.0145. The average Bonchev–Trinajstić information content (AvgIpc) is 2.88. The van der Waals surface area contributed by atoms with E-state index in [1.165, 1.54) is 19.3 Å². The molecule has 1 saturated heterocycles. The second-order valence-corrected chi connectivity index (χ2v) is 3.76. The lowest BCUT2D eigenvalue weighted by Gasteiger charge is -2.37. The van der Waals surface area contributed by atoms with Crippen LogP contribution < -0.4 is 5.32 Å². The van der Waals surface area contributed by atoms with Crippen LogP contribution in [0.2, 0.25) is 0 Å². The second kappa shape index (κ2) is 2.76. The number of rotatable bonds is 2. The van der Waals surface area contributed by atoms with Crippen LogP contribution in [0, 0.1) is 5.92 Å². The molecule has 1 aliphatic carbocycles. The van der Waals surface area contributed by atoms with Gasteiger partial charge in [-0.05, 0) is 25.2 Å². The van der Waals surface area contributed by atoms with Gasteiger partial charge in [0.25, 0.3) is 0 Å². The van der Waals surface area contributed by atoms with Gasteiger partial charge in [0.1, 0.15) is 0 Å². The molecule has 1 N–H and O–H groups in total. The third kappa shape index (κ3) is 1.30. The van der Waals surface area contributed by atoms with E-state index in [-0.39, 0.29) is 0 Å². The molecule has 1 saturated carbocycles. The van der Waals surface area contributed by atoms with Gasteiger partial charge in [-0.3, -0.25) is 0 Å². The number of morpholine rings is 1. The molecule has 0 aromatic rings. The predicted molar refractivity (Wildman–Crippen MR) is 44.6 cm³/mol. The molecule has 0 bridgehead atoms. The van der Waals surface area contributed by atoms with Crippen LogP contribution in [-0.4, -0.2) is 25.3 Å². The molecule has 0 aromatic carbocycles. The van der Waals surface area contributed by atoms with Crippen molar-refractivity contribution in [2.75, 3.05) is 19.8 Å². The van der Waals surface area contributed by atoms with E-state index >= 15 is 0 Å². The van der Waals surface area contributed by atoms with Gasteiger partial charge in [0.15, 0.2) is 0 Å². The Hall–Kier alpha value is -0.0800. The zero-order valence-electron chi connectivity index (χ0n) is 7.23. The van der Waals surface area contributed by atoms with Crippen molar-refractivity contribution in [1.82, 2.24) is 5.32 Å². The molecule has 0 spiro atoms. The van der Waals surface area contributed by atoms with Gasteiger partial charge in [-0.1, -0.05) is 6.92 Å². The van der Waals surface area contributed by atoms with Crippen molar-refractivity contribution in [2.45, 2.75) is 31.7 Å². The maximum atomic E-state index is 5.52. The van der Waals surface area contributed by atoms with Gasteiger partial charge in [0, 0.05) is 12.1 Å². The molecule has 1 aliphatic heterocycles. The summed E-state index contributed by atoms with van der Waals surface area (Å²) in [6, 6.07) is 0. The molecular weight excluding hydrogens is 138 g/mol. The molecule has 0 aromatic heterocycles. The molecule has 1 unspecified atom stereocenters. The van der Waals surface area contributed by atoms with Crippen molar-refractivity contribution in [3.05, 3.63) is 0 Å². The molecule has 0 radical (unpaired) electrons. The molecule has 0 amide bonds. The van der Waals surface area contributed by atoms with Gasteiger partial charge in [-0.15, -0.1) is 0 Å². The summed E-state index contributed by atoms with van der Waals surface area (Å²) in [4.78, 5) is 0. The Morgan fingerprint density at radius 2 is 2.36 bits per heavy atom. The summed E-state index contributed by atoms with van der Waals surface area (Å²) in [7, 11) is 0. The lowest BCUT2D eigenvalue weighted by atomic mass is 9.90. The summed E-state index contributed by atoms with van der Waals surface area (Å²) in [6.07, 6.45) is 4.03. The summed E-state index contributed by atoms with van der Waals surface area (Å²) in [6.45, 7) is 5.15. The highest BCUT2D eigenvalue weighted by Gasteiger charge is 2.44. The zero-order valence-corrected chi connectivity index (χ0v) is 7.23. The standard InChI is InChI=1S/C9H17NO/c1-2-9(8-3-4-8)7-11-6-5-10-9/h8,10H,2-7H2,1H3.